The number of hydrogen-bond donors (Lipinski definition) is 2. The van der Waals surface area contributed by atoms with Gasteiger partial charge in [0.2, 0.25) is 5.95 Å². The predicted octanol–water partition coefficient (Wildman–Crippen LogP) is 7.88. The van der Waals surface area contributed by atoms with Gasteiger partial charge in [0.15, 0.2) is 0 Å². The topological polar surface area (TPSA) is 49.8 Å². The SMILES string of the molecule is CC(C)CNc1cc(Cl)nc(NCc2ccc(CCCCCCC3CCCCC3)cc2)n1. The molecular weight excluding hydrogens is 416 g/mol. The molecule has 1 aliphatic rings. The lowest BCUT2D eigenvalue weighted by atomic mass is 9.85. The van der Waals surface area contributed by atoms with Crippen LogP contribution in [-0.4, -0.2) is 16.5 Å². The van der Waals surface area contributed by atoms with Crippen molar-refractivity contribution in [3.63, 3.8) is 0 Å². The summed E-state index contributed by atoms with van der Waals surface area (Å²) < 4.78 is 0. The van der Waals surface area contributed by atoms with Gasteiger partial charge >= 0.3 is 0 Å². The maximum atomic E-state index is 6.16. The minimum absolute atomic E-state index is 0.447. The highest BCUT2D eigenvalue weighted by atomic mass is 35.5. The highest BCUT2D eigenvalue weighted by Gasteiger charge is 2.12. The average Bonchev–Trinajstić information content (AvgIpc) is 2.80. The van der Waals surface area contributed by atoms with E-state index in [2.05, 4.69) is 58.7 Å². The molecule has 32 heavy (non-hydrogen) atoms. The predicted molar refractivity (Wildman–Crippen MR) is 138 cm³/mol. The molecule has 0 unspecified atom stereocenters. The summed E-state index contributed by atoms with van der Waals surface area (Å²) in [5.41, 5.74) is 2.65. The highest BCUT2D eigenvalue weighted by Crippen LogP contribution is 2.28. The minimum atomic E-state index is 0.447. The van der Waals surface area contributed by atoms with Crippen LogP contribution in [0.1, 0.15) is 89.2 Å². The van der Waals surface area contributed by atoms with Crippen molar-refractivity contribution < 1.29 is 0 Å². The first-order valence-corrected chi connectivity index (χ1v) is 13.1. The summed E-state index contributed by atoms with van der Waals surface area (Å²) in [7, 11) is 0. The molecule has 0 amide bonds. The normalized spacial score (nSPS) is 14.6. The van der Waals surface area contributed by atoms with E-state index in [9.17, 15) is 0 Å². The number of hydrogen-bond acceptors (Lipinski definition) is 4. The Morgan fingerprint density at radius 1 is 0.906 bits per heavy atom. The van der Waals surface area contributed by atoms with Crippen molar-refractivity contribution in [3.8, 4) is 0 Å². The van der Waals surface area contributed by atoms with E-state index >= 15 is 0 Å². The molecule has 2 aromatic rings. The van der Waals surface area contributed by atoms with Gasteiger partial charge in [0.1, 0.15) is 11.0 Å². The number of halogens is 1. The Morgan fingerprint density at radius 2 is 1.62 bits per heavy atom. The van der Waals surface area contributed by atoms with Crippen LogP contribution in [0.3, 0.4) is 0 Å². The summed E-state index contributed by atoms with van der Waals surface area (Å²) in [6.45, 7) is 5.87. The fourth-order valence-corrected chi connectivity index (χ4v) is 4.68. The molecule has 0 radical (unpaired) electrons. The average molecular weight is 457 g/mol. The summed E-state index contributed by atoms with van der Waals surface area (Å²) in [6, 6.07) is 10.7. The van der Waals surface area contributed by atoms with Gasteiger partial charge in [0.05, 0.1) is 0 Å². The lowest BCUT2D eigenvalue weighted by Gasteiger charge is -2.21. The van der Waals surface area contributed by atoms with Crippen LogP contribution in [-0.2, 0) is 13.0 Å². The second kappa shape index (κ2) is 13.7. The number of benzene rings is 1. The highest BCUT2D eigenvalue weighted by molar-refractivity contribution is 6.29. The van der Waals surface area contributed by atoms with Gasteiger partial charge in [-0.2, -0.15) is 4.98 Å². The zero-order valence-electron chi connectivity index (χ0n) is 20.0. The first-order chi connectivity index (χ1) is 15.6. The van der Waals surface area contributed by atoms with Gasteiger partial charge in [-0.15, -0.1) is 0 Å². The van der Waals surface area contributed by atoms with Crippen LogP contribution >= 0.6 is 11.6 Å². The maximum absolute atomic E-state index is 6.16. The maximum Gasteiger partial charge on any atom is 0.226 e. The Balaban J connectivity index is 1.34. The van der Waals surface area contributed by atoms with E-state index in [-0.39, 0.29) is 0 Å². The largest absolute Gasteiger partial charge is 0.370 e. The number of unbranched alkanes of at least 4 members (excludes halogenated alkanes) is 3. The zero-order chi connectivity index (χ0) is 22.6. The molecule has 1 aromatic carbocycles. The first kappa shape index (κ1) is 24.8. The van der Waals surface area contributed by atoms with Crippen molar-refractivity contribution in [3.05, 3.63) is 46.6 Å². The Labute approximate surface area is 200 Å². The summed E-state index contributed by atoms with van der Waals surface area (Å²) in [5.74, 6) is 2.89. The molecule has 1 saturated carbocycles. The number of aromatic nitrogens is 2. The molecule has 1 aromatic heterocycles. The van der Waals surface area contributed by atoms with Crippen LogP contribution in [0.15, 0.2) is 30.3 Å². The standard InChI is InChI=1S/C27H41ClN4/c1-21(2)19-29-26-18-25(28)31-27(32-26)30-20-24-16-14-23(15-17-24)13-7-4-3-6-10-22-11-8-5-9-12-22/h14-18,21-22H,3-13,19-20H2,1-2H3,(H2,29,30,31,32). The molecule has 176 valence electrons. The molecule has 4 nitrogen and oxygen atoms in total. The van der Waals surface area contributed by atoms with E-state index < -0.39 is 0 Å². The molecule has 3 rings (SSSR count). The van der Waals surface area contributed by atoms with Crippen LogP contribution in [0.5, 0.6) is 0 Å². The van der Waals surface area contributed by atoms with Crippen molar-refractivity contribution in [1.29, 1.82) is 0 Å². The monoisotopic (exact) mass is 456 g/mol. The Kier molecular flexibility index (Phi) is 10.6. The van der Waals surface area contributed by atoms with Crippen molar-refractivity contribution in [2.75, 3.05) is 17.2 Å². The number of nitrogens with zero attached hydrogens (tertiary/aromatic N) is 2. The summed E-state index contributed by atoms with van der Waals surface area (Å²) in [4.78, 5) is 8.81. The molecule has 0 bridgehead atoms. The van der Waals surface area contributed by atoms with Gasteiger partial charge < -0.3 is 10.6 Å². The molecular formula is C27H41ClN4. The number of anilines is 2. The van der Waals surface area contributed by atoms with Crippen LogP contribution < -0.4 is 10.6 Å². The zero-order valence-corrected chi connectivity index (χ0v) is 20.8. The molecule has 5 heteroatoms. The second-order valence-corrected chi connectivity index (χ2v) is 10.2. The van der Waals surface area contributed by atoms with E-state index in [0.717, 1.165) is 18.3 Å². The van der Waals surface area contributed by atoms with E-state index in [0.29, 0.717) is 23.6 Å². The fraction of sp³-hybridized carbons (Fsp3) is 0.630. The van der Waals surface area contributed by atoms with Gasteiger partial charge in [0.25, 0.3) is 0 Å². The third-order valence-corrected chi connectivity index (χ3v) is 6.61. The van der Waals surface area contributed by atoms with Crippen LogP contribution in [0.4, 0.5) is 11.8 Å². The Bertz CT molecular complexity index is 785. The molecule has 2 N–H and O–H groups in total. The quantitative estimate of drug-likeness (QED) is 0.237. The smallest absolute Gasteiger partial charge is 0.226 e. The van der Waals surface area contributed by atoms with Gasteiger partial charge in [-0.3, -0.25) is 0 Å². The third kappa shape index (κ3) is 9.36. The fourth-order valence-electron chi connectivity index (χ4n) is 4.49. The van der Waals surface area contributed by atoms with Gasteiger partial charge in [-0.1, -0.05) is 108 Å². The van der Waals surface area contributed by atoms with Crippen molar-refractivity contribution in [2.45, 2.75) is 91.0 Å². The molecule has 0 atom stereocenters. The minimum Gasteiger partial charge on any atom is -0.370 e. The van der Waals surface area contributed by atoms with Crippen molar-refractivity contribution in [1.82, 2.24) is 9.97 Å². The molecule has 0 aliphatic heterocycles. The first-order valence-electron chi connectivity index (χ1n) is 12.7. The Hall–Kier alpha value is -1.81. The van der Waals surface area contributed by atoms with E-state index in [1.807, 2.05) is 0 Å². The van der Waals surface area contributed by atoms with E-state index in [4.69, 9.17) is 11.6 Å². The van der Waals surface area contributed by atoms with Crippen LogP contribution in [0.2, 0.25) is 5.15 Å². The molecule has 0 saturated heterocycles. The van der Waals surface area contributed by atoms with E-state index in [1.54, 1.807) is 6.07 Å². The third-order valence-electron chi connectivity index (χ3n) is 6.41. The lowest BCUT2D eigenvalue weighted by molar-refractivity contribution is 0.328. The number of aryl methyl sites for hydroxylation is 1. The Morgan fingerprint density at radius 3 is 2.38 bits per heavy atom. The van der Waals surface area contributed by atoms with Gasteiger partial charge in [0, 0.05) is 19.2 Å². The number of rotatable bonds is 13. The molecule has 0 spiro atoms. The van der Waals surface area contributed by atoms with Crippen molar-refractivity contribution in [2.24, 2.45) is 11.8 Å². The molecule has 1 fully saturated rings. The van der Waals surface area contributed by atoms with E-state index in [1.165, 1.54) is 81.8 Å². The van der Waals surface area contributed by atoms with Crippen LogP contribution in [0, 0.1) is 11.8 Å². The van der Waals surface area contributed by atoms with Gasteiger partial charge in [-0.25, -0.2) is 4.98 Å². The molecule has 1 heterocycles. The number of nitrogens with one attached hydrogen (secondary N) is 2. The summed E-state index contributed by atoms with van der Waals surface area (Å²) >= 11 is 6.16. The summed E-state index contributed by atoms with van der Waals surface area (Å²) in [5, 5.41) is 7.05. The van der Waals surface area contributed by atoms with Crippen LogP contribution in [0.25, 0.3) is 0 Å². The van der Waals surface area contributed by atoms with Crippen molar-refractivity contribution >= 4 is 23.4 Å². The lowest BCUT2D eigenvalue weighted by Crippen LogP contribution is -2.11. The van der Waals surface area contributed by atoms with Gasteiger partial charge in [-0.05, 0) is 35.8 Å². The second-order valence-electron chi connectivity index (χ2n) is 9.80. The molecule has 1 aliphatic carbocycles. The summed E-state index contributed by atoms with van der Waals surface area (Å²) in [6.07, 6.45) is 15.5.